The largest absolute Gasteiger partial charge is 0.385 e. The van der Waals surface area contributed by atoms with Crippen molar-refractivity contribution in [3.05, 3.63) is 69.7 Å². The molecule has 4 nitrogen and oxygen atoms in total. The highest BCUT2D eigenvalue weighted by Crippen LogP contribution is 2.36. The van der Waals surface area contributed by atoms with E-state index in [1.807, 2.05) is 0 Å². The molecule has 2 atom stereocenters. The summed E-state index contributed by atoms with van der Waals surface area (Å²) in [6.45, 7) is 0.592. The molecule has 0 bridgehead atoms. The first-order valence-corrected chi connectivity index (χ1v) is 9.89. The summed E-state index contributed by atoms with van der Waals surface area (Å²) in [4.78, 5) is 13.7. The molecule has 0 spiro atoms. The van der Waals surface area contributed by atoms with Gasteiger partial charge in [-0.25, -0.2) is 4.39 Å². The first-order valence-electron chi connectivity index (χ1n) is 9.13. The zero-order valence-corrected chi connectivity index (χ0v) is 16.7. The average molecular weight is 426 g/mol. The second-order valence-electron chi connectivity index (χ2n) is 7.11. The average Bonchev–Trinajstić information content (AvgIpc) is 2.70. The van der Waals surface area contributed by atoms with E-state index in [0.29, 0.717) is 47.1 Å². The summed E-state index contributed by atoms with van der Waals surface area (Å²) in [5.74, 6) is -0.493. The number of ketones is 1. The molecule has 0 saturated carbocycles. The zero-order valence-electron chi connectivity index (χ0n) is 15.2. The van der Waals surface area contributed by atoms with E-state index >= 15 is 0 Å². The van der Waals surface area contributed by atoms with Crippen LogP contribution in [0.3, 0.4) is 0 Å². The SMILES string of the molecule is O=C(c1ccccc1)C(O)CC(F)N1CCC(O)(c2ccc(Cl)c(Cl)c2)CC1. The molecular weight excluding hydrogens is 404 g/mol. The number of nitrogens with zero attached hydrogens (tertiary/aromatic N) is 1. The number of carbonyl (C=O) groups excluding carboxylic acids is 1. The van der Waals surface area contributed by atoms with Gasteiger partial charge < -0.3 is 10.2 Å². The molecule has 3 rings (SSSR count). The number of halogens is 3. The molecule has 0 amide bonds. The molecular formula is C21H22Cl2FNO3. The molecule has 1 saturated heterocycles. The molecule has 1 fully saturated rings. The van der Waals surface area contributed by atoms with Crippen molar-refractivity contribution in [1.82, 2.24) is 4.90 Å². The summed E-state index contributed by atoms with van der Waals surface area (Å²) in [5.41, 5.74) is -0.103. The van der Waals surface area contributed by atoms with Crippen LogP contribution in [0.5, 0.6) is 0 Å². The summed E-state index contributed by atoms with van der Waals surface area (Å²) in [5, 5.41) is 21.8. The number of hydrogen-bond donors (Lipinski definition) is 2. The van der Waals surface area contributed by atoms with Crippen LogP contribution < -0.4 is 0 Å². The Bertz CT molecular complexity index is 826. The van der Waals surface area contributed by atoms with E-state index in [1.165, 1.54) is 4.90 Å². The third-order valence-electron chi connectivity index (χ3n) is 5.26. The zero-order chi connectivity index (χ0) is 20.3. The van der Waals surface area contributed by atoms with Gasteiger partial charge in [-0.3, -0.25) is 9.69 Å². The van der Waals surface area contributed by atoms with Crippen molar-refractivity contribution >= 4 is 29.0 Å². The van der Waals surface area contributed by atoms with Crippen molar-refractivity contribution < 1.29 is 19.4 Å². The van der Waals surface area contributed by atoms with Gasteiger partial charge in [-0.05, 0) is 30.5 Å². The fourth-order valence-electron chi connectivity index (χ4n) is 3.48. The summed E-state index contributed by atoms with van der Waals surface area (Å²) >= 11 is 12.0. The Morgan fingerprint density at radius 1 is 1.11 bits per heavy atom. The second-order valence-corrected chi connectivity index (χ2v) is 7.93. The number of benzene rings is 2. The van der Waals surface area contributed by atoms with Gasteiger partial charge in [0.1, 0.15) is 6.10 Å². The van der Waals surface area contributed by atoms with Crippen molar-refractivity contribution in [2.75, 3.05) is 13.1 Å². The number of aliphatic hydroxyl groups is 2. The van der Waals surface area contributed by atoms with Gasteiger partial charge in [0.2, 0.25) is 0 Å². The smallest absolute Gasteiger partial charge is 0.191 e. The standard InChI is InChI=1S/C21H22Cl2FNO3/c22-16-7-6-15(12-17(16)23)21(28)8-10-25(11-9-21)19(24)13-18(26)20(27)14-4-2-1-3-5-14/h1-7,12,18-19,26,28H,8-11,13H2. The second kappa shape index (κ2) is 8.89. The van der Waals surface area contributed by atoms with Gasteiger partial charge >= 0.3 is 0 Å². The van der Waals surface area contributed by atoms with Crippen molar-refractivity contribution in [2.24, 2.45) is 0 Å². The molecule has 0 aliphatic carbocycles. The lowest BCUT2D eigenvalue weighted by molar-refractivity contribution is -0.0613. The molecule has 2 aromatic rings. The molecule has 2 aromatic carbocycles. The fraction of sp³-hybridized carbons (Fsp3) is 0.381. The summed E-state index contributed by atoms with van der Waals surface area (Å²) < 4.78 is 14.7. The third kappa shape index (κ3) is 4.73. The van der Waals surface area contributed by atoms with Crippen LogP contribution >= 0.6 is 23.2 Å². The van der Waals surface area contributed by atoms with Crippen LogP contribution in [0, 0.1) is 0 Å². The number of Topliss-reactive ketones (excluding diaryl/α,β-unsaturated/α-hetero) is 1. The van der Waals surface area contributed by atoms with Crippen molar-refractivity contribution in [3.63, 3.8) is 0 Å². The van der Waals surface area contributed by atoms with Gasteiger partial charge in [-0.15, -0.1) is 0 Å². The van der Waals surface area contributed by atoms with Gasteiger partial charge in [0.05, 0.1) is 15.6 Å². The van der Waals surface area contributed by atoms with Crippen molar-refractivity contribution in [1.29, 1.82) is 0 Å². The first kappa shape index (κ1) is 21.2. The Kier molecular flexibility index (Phi) is 6.73. The lowest BCUT2D eigenvalue weighted by Crippen LogP contribution is -2.47. The monoisotopic (exact) mass is 425 g/mol. The highest BCUT2D eigenvalue weighted by atomic mass is 35.5. The Morgan fingerprint density at radius 2 is 1.75 bits per heavy atom. The maximum atomic E-state index is 14.7. The highest BCUT2D eigenvalue weighted by molar-refractivity contribution is 6.42. The molecule has 28 heavy (non-hydrogen) atoms. The minimum absolute atomic E-state index is 0.296. The van der Waals surface area contributed by atoms with E-state index in [2.05, 4.69) is 0 Å². The number of hydrogen-bond acceptors (Lipinski definition) is 4. The molecule has 0 aromatic heterocycles. The fourth-order valence-corrected chi connectivity index (χ4v) is 3.78. The molecule has 0 radical (unpaired) electrons. The van der Waals surface area contributed by atoms with E-state index in [4.69, 9.17) is 23.2 Å². The maximum absolute atomic E-state index is 14.7. The van der Waals surface area contributed by atoms with Crippen molar-refractivity contribution in [3.8, 4) is 0 Å². The van der Waals surface area contributed by atoms with E-state index in [-0.39, 0.29) is 6.42 Å². The molecule has 150 valence electrons. The van der Waals surface area contributed by atoms with Crippen LogP contribution in [0.2, 0.25) is 10.0 Å². The minimum atomic E-state index is -1.47. The Labute approximate surface area is 173 Å². The lowest BCUT2D eigenvalue weighted by atomic mass is 9.84. The normalized spacial score (nSPS) is 19.2. The quantitative estimate of drug-likeness (QED) is 0.537. The number of piperidine rings is 1. The van der Waals surface area contributed by atoms with E-state index in [9.17, 15) is 19.4 Å². The molecule has 1 aliphatic heterocycles. The van der Waals surface area contributed by atoms with Crippen LogP contribution in [0.4, 0.5) is 4.39 Å². The van der Waals surface area contributed by atoms with Gasteiger partial charge in [0, 0.05) is 25.1 Å². The number of rotatable bonds is 6. The molecule has 1 heterocycles. The highest BCUT2D eigenvalue weighted by Gasteiger charge is 2.37. The Hall–Kier alpha value is -1.50. The molecule has 2 unspecified atom stereocenters. The Morgan fingerprint density at radius 3 is 2.36 bits per heavy atom. The molecule has 2 N–H and O–H groups in total. The number of likely N-dealkylation sites (tertiary alicyclic amines) is 1. The van der Waals surface area contributed by atoms with E-state index in [0.717, 1.165) is 0 Å². The number of aliphatic hydroxyl groups excluding tert-OH is 1. The van der Waals surface area contributed by atoms with Crippen LogP contribution in [0.15, 0.2) is 48.5 Å². The van der Waals surface area contributed by atoms with E-state index in [1.54, 1.807) is 48.5 Å². The predicted octanol–water partition coefficient (Wildman–Crippen LogP) is 4.21. The maximum Gasteiger partial charge on any atom is 0.191 e. The van der Waals surface area contributed by atoms with Crippen LogP contribution in [0.1, 0.15) is 35.2 Å². The minimum Gasteiger partial charge on any atom is -0.385 e. The number of carbonyl (C=O) groups is 1. The van der Waals surface area contributed by atoms with E-state index < -0.39 is 23.8 Å². The first-order chi connectivity index (χ1) is 13.3. The summed E-state index contributed by atoms with van der Waals surface area (Å²) in [7, 11) is 0. The summed E-state index contributed by atoms with van der Waals surface area (Å²) in [6.07, 6.45) is -2.56. The van der Waals surface area contributed by atoms with Gasteiger partial charge in [0.25, 0.3) is 0 Å². The van der Waals surface area contributed by atoms with Crippen LogP contribution in [-0.2, 0) is 5.60 Å². The summed E-state index contributed by atoms with van der Waals surface area (Å²) in [6, 6.07) is 13.3. The molecule has 7 heteroatoms. The van der Waals surface area contributed by atoms with Gasteiger partial charge in [-0.1, -0.05) is 59.6 Å². The van der Waals surface area contributed by atoms with Gasteiger partial charge in [-0.2, -0.15) is 0 Å². The third-order valence-corrected chi connectivity index (χ3v) is 6.00. The topological polar surface area (TPSA) is 60.8 Å². The van der Waals surface area contributed by atoms with Crippen LogP contribution in [0.25, 0.3) is 0 Å². The molecule has 1 aliphatic rings. The van der Waals surface area contributed by atoms with Gasteiger partial charge in [0.15, 0.2) is 12.1 Å². The van der Waals surface area contributed by atoms with Crippen molar-refractivity contribution in [2.45, 2.75) is 37.3 Å². The van der Waals surface area contributed by atoms with Crippen LogP contribution in [-0.4, -0.2) is 46.4 Å². The lowest BCUT2D eigenvalue weighted by Gasteiger charge is -2.40. The number of alkyl halides is 1. The Balaban J connectivity index is 1.58. The predicted molar refractivity (Wildman–Crippen MR) is 107 cm³/mol.